The molecule has 0 spiro atoms. The molecule has 0 saturated heterocycles. The van der Waals surface area contributed by atoms with Crippen molar-refractivity contribution in [3.8, 4) is 28.3 Å². The van der Waals surface area contributed by atoms with Crippen LogP contribution in [0.15, 0.2) is 53.5 Å². The molecule has 1 fully saturated rings. The number of aryl methyl sites for hydroxylation is 2. The number of hydrogen-bond acceptors (Lipinski definition) is 7. The van der Waals surface area contributed by atoms with Gasteiger partial charge in [-0.25, -0.2) is 14.1 Å². The van der Waals surface area contributed by atoms with Gasteiger partial charge >= 0.3 is 0 Å². The lowest BCUT2D eigenvalue weighted by Crippen LogP contribution is -2.41. The number of carbonyl (C=O) groups is 1. The van der Waals surface area contributed by atoms with Crippen LogP contribution in [0.2, 0.25) is 10.0 Å². The third-order valence-electron chi connectivity index (χ3n) is 7.82. The molecule has 2 unspecified atom stereocenters. The molecule has 1 amide bonds. The highest BCUT2D eigenvalue weighted by Gasteiger charge is 2.24. The monoisotopic (exact) mass is 639 g/mol. The van der Waals surface area contributed by atoms with Crippen LogP contribution in [0, 0.1) is 12.7 Å². The van der Waals surface area contributed by atoms with Crippen molar-refractivity contribution in [1.29, 1.82) is 0 Å². The van der Waals surface area contributed by atoms with E-state index in [2.05, 4.69) is 20.7 Å². The topological polar surface area (TPSA) is 118 Å². The van der Waals surface area contributed by atoms with Crippen LogP contribution >= 0.6 is 23.2 Å². The lowest BCUT2D eigenvalue weighted by atomic mass is 9.92. The van der Waals surface area contributed by atoms with Crippen LogP contribution < -0.4 is 20.9 Å². The van der Waals surface area contributed by atoms with Gasteiger partial charge < -0.3 is 20.5 Å². The van der Waals surface area contributed by atoms with Gasteiger partial charge in [0.25, 0.3) is 11.5 Å². The Labute approximate surface area is 264 Å². The summed E-state index contributed by atoms with van der Waals surface area (Å²) in [6, 6.07) is 11.2. The molecular formula is C32H32Cl2FN5O4. The fourth-order valence-corrected chi connectivity index (χ4v) is 6.00. The first-order valence-electron chi connectivity index (χ1n) is 14.2. The molecule has 2 aromatic carbocycles. The van der Waals surface area contributed by atoms with Crippen LogP contribution in [0.3, 0.4) is 0 Å². The summed E-state index contributed by atoms with van der Waals surface area (Å²) in [4.78, 5) is 30.3. The lowest BCUT2D eigenvalue weighted by molar-refractivity contribution is 0.0901. The molecule has 1 saturated carbocycles. The molecule has 44 heavy (non-hydrogen) atoms. The van der Waals surface area contributed by atoms with Crippen molar-refractivity contribution in [2.24, 2.45) is 7.05 Å². The van der Waals surface area contributed by atoms with Crippen molar-refractivity contribution in [2.75, 3.05) is 12.4 Å². The third kappa shape index (κ3) is 6.49. The summed E-state index contributed by atoms with van der Waals surface area (Å²) in [6.07, 6.45) is 4.82. The Morgan fingerprint density at radius 3 is 2.61 bits per heavy atom. The molecule has 0 bridgehead atoms. The number of carbonyl (C=O) groups excluding carboxylic acids is 1. The molecule has 2 atom stereocenters. The minimum absolute atomic E-state index is 0.0176. The van der Waals surface area contributed by atoms with Gasteiger partial charge in [-0.2, -0.15) is 5.10 Å². The SMILES string of the molecule is COc1nc(-c2cccc(-c3cc(F)cc(NC(=O)c4c(C)cnn(C)c4=O)c3Cl)c2Cl)ccc1CNC1CCCCC1O. The minimum Gasteiger partial charge on any atom is -0.481 e. The summed E-state index contributed by atoms with van der Waals surface area (Å²) >= 11 is 13.6. The molecule has 9 nitrogen and oxygen atoms in total. The Balaban J connectivity index is 1.45. The van der Waals surface area contributed by atoms with Crippen LogP contribution in [-0.4, -0.2) is 45.0 Å². The number of anilines is 1. The van der Waals surface area contributed by atoms with E-state index in [9.17, 15) is 19.1 Å². The van der Waals surface area contributed by atoms with Crippen molar-refractivity contribution < 1.29 is 19.0 Å². The van der Waals surface area contributed by atoms with Gasteiger partial charge in [-0.05, 0) is 43.5 Å². The first-order valence-corrected chi connectivity index (χ1v) is 14.9. The maximum Gasteiger partial charge on any atom is 0.279 e. The standard InChI is InChI=1S/C32H32Cl2FN5O4/c1-17-15-37-40(2)32(43)27(17)30(42)38-25-14-19(35)13-22(29(25)34)20-7-6-8-21(28(20)33)23-12-11-18(31(39-23)44-3)16-36-24-9-4-5-10-26(24)41/h6-8,11-15,24,26,36,41H,4-5,9-10,16H2,1-3H3,(H,38,42). The number of pyridine rings is 1. The van der Waals surface area contributed by atoms with Crippen molar-refractivity contribution in [1.82, 2.24) is 20.1 Å². The van der Waals surface area contributed by atoms with Crippen molar-refractivity contribution in [3.05, 3.63) is 91.6 Å². The van der Waals surface area contributed by atoms with E-state index in [0.717, 1.165) is 42.0 Å². The van der Waals surface area contributed by atoms with E-state index < -0.39 is 17.3 Å². The Morgan fingerprint density at radius 2 is 1.86 bits per heavy atom. The minimum atomic E-state index is -0.743. The second kappa shape index (κ2) is 13.4. The molecular weight excluding hydrogens is 608 g/mol. The van der Waals surface area contributed by atoms with Crippen LogP contribution in [0.5, 0.6) is 5.88 Å². The van der Waals surface area contributed by atoms with E-state index >= 15 is 0 Å². The highest BCUT2D eigenvalue weighted by atomic mass is 35.5. The van der Waals surface area contributed by atoms with E-state index in [-0.39, 0.29) is 39.0 Å². The number of rotatable bonds is 8. The third-order valence-corrected chi connectivity index (χ3v) is 8.64. The molecule has 12 heteroatoms. The first kappa shape index (κ1) is 31.6. The van der Waals surface area contributed by atoms with Gasteiger partial charge in [-0.3, -0.25) is 9.59 Å². The number of nitrogens with zero attached hydrogens (tertiary/aromatic N) is 3. The van der Waals surface area contributed by atoms with Crippen LogP contribution in [0.25, 0.3) is 22.4 Å². The molecule has 1 aliphatic rings. The number of benzene rings is 2. The smallest absolute Gasteiger partial charge is 0.279 e. The van der Waals surface area contributed by atoms with E-state index in [0.29, 0.717) is 34.8 Å². The maximum absolute atomic E-state index is 14.9. The second-order valence-electron chi connectivity index (χ2n) is 10.8. The first-order chi connectivity index (χ1) is 21.1. The molecule has 5 rings (SSSR count). The van der Waals surface area contributed by atoms with Gasteiger partial charge in [0.1, 0.15) is 11.4 Å². The zero-order valence-electron chi connectivity index (χ0n) is 24.5. The van der Waals surface area contributed by atoms with Crippen LogP contribution in [-0.2, 0) is 13.6 Å². The zero-order valence-corrected chi connectivity index (χ0v) is 26.0. The van der Waals surface area contributed by atoms with Crippen molar-refractivity contribution >= 4 is 34.8 Å². The molecule has 4 aromatic rings. The number of amides is 1. The number of ether oxygens (including phenoxy) is 1. The number of halogens is 3. The Bertz CT molecular complexity index is 1780. The molecule has 2 heterocycles. The largest absolute Gasteiger partial charge is 0.481 e. The second-order valence-corrected chi connectivity index (χ2v) is 11.5. The van der Waals surface area contributed by atoms with Crippen molar-refractivity contribution in [2.45, 2.75) is 51.3 Å². The van der Waals surface area contributed by atoms with E-state index in [4.69, 9.17) is 27.9 Å². The number of methoxy groups -OCH3 is 1. The highest BCUT2D eigenvalue weighted by Crippen LogP contribution is 2.42. The number of aliphatic hydroxyl groups is 1. The predicted octanol–water partition coefficient (Wildman–Crippen LogP) is 5.92. The van der Waals surface area contributed by atoms with Gasteiger partial charge in [-0.15, -0.1) is 0 Å². The number of aliphatic hydroxyl groups excluding tert-OH is 1. The van der Waals surface area contributed by atoms with Crippen LogP contribution in [0.1, 0.15) is 47.2 Å². The van der Waals surface area contributed by atoms with Gasteiger partial charge in [0.15, 0.2) is 0 Å². The summed E-state index contributed by atoms with van der Waals surface area (Å²) in [5, 5.41) is 20.5. The highest BCUT2D eigenvalue weighted by molar-refractivity contribution is 6.39. The number of hydrogen-bond donors (Lipinski definition) is 3. The number of nitrogens with one attached hydrogen (secondary N) is 2. The zero-order chi connectivity index (χ0) is 31.5. The summed E-state index contributed by atoms with van der Waals surface area (Å²) in [7, 11) is 2.97. The fraction of sp³-hybridized carbons (Fsp3) is 0.312. The van der Waals surface area contributed by atoms with Crippen LogP contribution in [0.4, 0.5) is 10.1 Å². The Hall–Kier alpha value is -3.83. The Morgan fingerprint density at radius 1 is 1.11 bits per heavy atom. The molecule has 0 aliphatic heterocycles. The van der Waals surface area contributed by atoms with Crippen molar-refractivity contribution in [3.63, 3.8) is 0 Å². The van der Waals surface area contributed by atoms with E-state index in [1.165, 1.54) is 26.4 Å². The quantitative estimate of drug-likeness (QED) is 0.219. The molecule has 0 radical (unpaired) electrons. The molecule has 3 N–H and O–H groups in total. The summed E-state index contributed by atoms with van der Waals surface area (Å²) < 4.78 is 21.5. The summed E-state index contributed by atoms with van der Waals surface area (Å²) in [6.45, 7) is 2.06. The normalized spacial score (nSPS) is 16.5. The summed E-state index contributed by atoms with van der Waals surface area (Å²) in [5.41, 5.74) is 2.20. The van der Waals surface area contributed by atoms with Gasteiger partial charge in [0, 0.05) is 41.9 Å². The Kier molecular flexibility index (Phi) is 9.65. The molecule has 230 valence electrons. The van der Waals surface area contributed by atoms with Gasteiger partial charge in [0.2, 0.25) is 5.88 Å². The lowest BCUT2D eigenvalue weighted by Gasteiger charge is -2.28. The number of aromatic nitrogens is 3. The average Bonchev–Trinajstić information content (AvgIpc) is 3.00. The average molecular weight is 641 g/mol. The fourth-order valence-electron chi connectivity index (χ4n) is 5.42. The maximum atomic E-state index is 14.9. The van der Waals surface area contributed by atoms with E-state index in [1.807, 2.05) is 12.1 Å². The van der Waals surface area contributed by atoms with Gasteiger partial charge in [0.05, 0.1) is 40.8 Å². The van der Waals surface area contributed by atoms with E-state index in [1.54, 1.807) is 25.1 Å². The summed E-state index contributed by atoms with van der Waals surface area (Å²) in [5.74, 6) is -0.999. The predicted molar refractivity (Wildman–Crippen MR) is 169 cm³/mol. The molecule has 2 aromatic heterocycles. The molecule has 1 aliphatic carbocycles. The van der Waals surface area contributed by atoms with Gasteiger partial charge in [-0.1, -0.05) is 60.3 Å².